The molecule has 2 rings (SSSR count). The first-order chi connectivity index (χ1) is 8.29. The number of rotatable bonds is 4. The van der Waals surface area contributed by atoms with Crippen molar-refractivity contribution in [2.24, 2.45) is 11.7 Å². The van der Waals surface area contributed by atoms with Crippen LogP contribution in [0.2, 0.25) is 0 Å². The molecule has 5 nitrogen and oxygen atoms in total. The van der Waals surface area contributed by atoms with Gasteiger partial charge in [0, 0.05) is 38.4 Å². The number of aryl methyl sites for hydroxylation is 1. The highest BCUT2D eigenvalue weighted by Crippen LogP contribution is 2.16. The summed E-state index contributed by atoms with van der Waals surface area (Å²) in [6, 6.07) is 0. The molecule has 0 unspecified atom stereocenters. The summed E-state index contributed by atoms with van der Waals surface area (Å²) in [6.45, 7) is 3.20. The van der Waals surface area contributed by atoms with Crippen molar-refractivity contribution in [3.05, 3.63) is 18.7 Å². The number of aromatic nitrogens is 2. The molecule has 0 radical (unpaired) electrons. The van der Waals surface area contributed by atoms with E-state index in [1.54, 1.807) is 12.5 Å². The second-order valence-corrected chi connectivity index (χ2v) is 4.61. The Morgan fingerprint density at radius 2 is 2.18 bits per heavy atom. The monoisotopic (exact) mass is 236 g/mol. The molecule has 17 heavy (non-hydrogen) atoms. The zero-order valence-corrected chi connectivity index (χ0v) is 10.1. The molecule has 94 valence electrons. The first kappa shape index (κ1) is 12.1. The van der Waals surface area contributed by atoms with E-state index in [4.69, 9.17) is 5.73 Å². The van der Waals surface area contributed by atoms with Crippen molar-refractivity contribution in [3.8, 4) is 0 Å². The number of piperidine rings is 1. The third kappa shape index (κ3) is 3.30. The van der Waals surface area contributed by atoms with Gasteiger partial charge in [0.05, 0.1) is 6.33 Å². The maximum Gasteiger partial charge on any atom is 0.224 e. The van der Waals surface area contributed by atoms with Crippen LogP contribution in [0.25, 0.3) is 0 Å². The normalized spacial score (nSPS) is 17.4. The van der Waals surface area contributed by atoms with E-state index >= 15 is 0 Å². The summed E-state index contributed by atoms with van der Waals surface area (Å²) in [5.74, 6) is 0.849. The van der Waals surface area contributed by atoms with Gasteiger partial charge in [-0.3, -0.25) is 4.79 Å². The zero-order chi connectivity index (χ0) is 12.1. The zero-order valence-electron chi connectivity index (χ0n) is 10.1. The van der Waals surface area contributed by atoms with Crippen LogP contribution in [0.15, 0.2) is 18.7 Å². The lowest BCUT2D eigenvalue weighted by Gasteiger charge is -2.31. The van der Waals surface area contributed by atoms with Gasteiger partial charge in [-0.15, -0.1) is 0 Å². The molecule has 1 amide bonds. The van der Waals surface area contributed by atoms with Crippen molar-refractivity contribution in [1.82, 2.24) is 14.5 Å². The van der Waals surface area contributed by atoms with Crippen LogP contribution in [0.4, 0.5) is 0 Å². The average Bonchev–Trinajstić information content (AvgIpc) is 2.89. The molecule has 0 aliphatic carbocycles. The standard InChI is InChI=1S/C12H20N4O/c13-9-11-1-6-16(7-2-11)12(17)3-5-15-8-4-14-10-15/h4,8,10-11H,1-3,5-7,9,13H2. The van der Waals surface area contributed by atoms with Crippen LogP contribution in [0, 0.1) is 5.92 Å². The number of imidazole rings is 1. The summed E-state index contributed by atoms with van der Waals surface area (Å²) in [5, 5.41) is 0. The Bertz CT molecular complexity index is 341. The van der Waals surface area contributed by atoms with Gasteiger partial charge < -0.3 is 15.2 Å². The average molecular weight is 236 g/mol. The highest BCUT2D eigenvalue weighted by atomic mass is 16.2. The molecule has 1 saturated heterocycles. The fraction of sp³-hybridized carbons (Fsp3) is 0.667. The lowest BCUT2D eigenvalue weighted by atomic mass is 9.97. The van der Waals surface area contributed by atoms with Crippen molar-refractivity contribution in [3.63, 3.8) is 0 Å². The van der Waals surface area contributed by atoms with Gasteiger partial charge in [0.25, 0.3) is 0 Å². The third-order valence-corrected chi connectivity index (χ3v) is 3.44. The lowest BCUT2D eigenvalue weighted by Crippen LogP contribution is -2.40. The number of likely N-dealkylation sites (tertiary alicyclic amines) is 1. The van der Waals surface area contributed by atoms with Crippen LogP contribution in [0.3, 0.4) is 0 Å². The van der Waals surface area contributed by atoms with Gasteiger partial charge >= 0.3 is 0 Å². The minimum atomic E-state index is 0.245. The molecule has 0 atom stereocenters. The topological polar surface area (TPSA) is 64.2 Å². The maximum atomic E-state index is 11.9. The number of nitrogens with zero attached hydrogens (tertiary/aromatic N) is 3. The predicted octanol–water partition coefficient (Wildman–Crippen LogP) is 0.470. The Balaban J connectivity index is 1.73. The Labute approximate surface area is 102 Å². The van der Waals surface area contributed by atoms with E-state index in [0.29, 0.717) is 12.3 Å². The summed E-state index contributed by atoms with van der Waals surface area (Å²) >= 11 is 0. The van der Waals surface area contributed by atoms with Gasteiger partial charge in [-0.2, -0.15) is 0 Å². The second-order valence-electron chi connectivity index (χ2n) is 4.61. The Morgan fingerprint density at radius 3 is 2.76 bits per heavy atom. The van der Waals surface area contributed by atoms with E-state index in [1.165, 1.54) is 0 Å². The van der Waals surface area contributed by atoms with Gasteiger partial charge in [0.1, 0.15) is 0 Å². The largest absolute Gasteiger partial charge is 0.343 e. The molecule has 1 aromatic rings. The molecule has 1 fully saturated rings. The Kier molecular flexibility index (Phi) is 4.14. The van der Waals surface area contributed by atoms with Crippen molar-refractivity contribution in [2.75, 3.05) is 19.6 Å². The van der Waals surface area contributed by atoms with E-state index in [9.17, 15) is 4.79 Å². The molecule has 1 aliphatic heterocycles. The number of carbonyl (C=O) groups is 1. The molecule has 2 heterocycles. The second kappa shape index (κ2) is 5.82. The van der Waals surface area contributed by atoms with Crippen LogP contribution in [0.1, 0.15) is 19.3 Å². The van der Waals surface area contributed by atoms with Crippen molar-refractivity contribution < 1.29 is 4.79 Å². The molecule has 1 aliphatic rings. The van der Waals surface area contributed by atoms with Gasteiger partial charge in [-0.05, 0) is 25.3 Å². The molecule has 0 bridgehead atoms. The van der Waals surface area contributed by atoms with Gasteiger partial charge in [-0.1, -0.05) is 0 Å². The van der Waals surface area contributed by atoms with Crippen LogP contribution >= 0.6 is 0 Å². The summed E-state index contributed by atoms with van der Waals surface area (Å²) in [6.07, 6.45) is 8.02. The third-order valence-electron chi connectivity index (χ3n) is 3.44. The Hall–Kier alpha value is -1.36. The highest BCUT2D eigenvalue weighted by Gasteiger charge is 2.21. The smallest absolute Gasteiger partial charge is 0.224 e. The molecule has 1 aromatic heterocycles. The highest BCUT2D eigenvalue weighted by molar-refractivity contribution is 5.76. The summed E-state index contributed by atoms with van der Waals surface area (Å²) < 4.78 is 1.94. The molecular weight excluding hydrogens is 216 g/mol. The van der Waals surface area contributed by atoms with Crippen molar-refractivity contribution in [2.45, 2.75) is 25.8 Å². The van der Waals surface area contributed by atoms with E-state index in [1.807, 2.05) is 15.7 Å². The molecule has 0 saturated carbocycles. The molecule has 2 N–H and O–H groups in total. The fourth-order valence-corrected chi connectivity index (χ4v) is 2.22. The number of nitrogens with two attached hydrogens (primary N) is 1. The molecule has 0 spiro atoms. The van der Waals surface area contributed by atoms with E-state index in [2.05, 4.69) is 4.98 Å². The number of carbonyl (C=O) groups excluding carboxylic acids is 1. The van der Waals surface area contributed by atoms with Crippen LogP contribution in [0.5, 0.6) is 0 Å². The summed E-state index contributed by atoms with van der Waals surface area (Å²) in [4.78, 5) is 17.9. The van der Waals surface area contributed by atoms with Crippen molar-refractivity contribution >= 4 is 5.91 Å². The fourth-order valence-electron chi connectivity index (χ4n) is 2.22. The summed E-state index contributed by atoms with van der Waals surface area (Å²) in [7, 11) is 0. The van der Waals surface area contributed by atoms with Crippen LogP contribution in [-0.4, -0.2) is 40.0 Å². The van der Waals surface area contributed by atoms with E-state index < -0.39 is 0 Å². The SMILES string of the molecule is NCC1CCN(C(=O)CCn2ccnc2)CC1. The minimum absolute atomic E-state index is 0.245. The molecule has 5 heteroatoms. The first-order valence-electron chi connectivity index (χ1n) is 6.23. The lowest BCUT2D eigenvalue weighted by molar-refractivity contribution is -0.132. The maximum absolute atomic E-state index is 11.9. The van der Waals surface area contributed by atoms with Gasteiger partial charge in [0.2, 0.25) is 5.91 Å². The van der Waals surface area contributed by atoms with Crippen molar-refractivity contribution in [1.29, 1.82) is 0 Å². The van der Waals surface area contributed by atoms with E-state index in [-0.39, 0.29) is 5.91 Å². The van der Waals surface area contributed by atoms with Gasteiger partial charge in [0.15, 0.2) is 0 Å². The van der Waals surface area contributed by atoms with Crippen LogP contribution < -0.4 is 5.73 Å². The van der Waals surface area contributed by atoms with E-state index in [0.717, 1.165) is 39.0 Å². The number of hydrogen-bond donors (Lipinski definition) is 1. The minimum Gasteiger partial charge on any atom is -0.343 e. The number of amides is 1. The molecule has 0 aromatic carbocycles. The first-order valence-corrected chi connectivity index (χ1v) is 6.23. The predicted molar refractivity (Wildman–Crippen MR) is 65.2 cm³/mol. The summed E-state index contributed by atoms with van der Waals surface area (Å²) in [5.41, 5.74) is 5.63. The quantitative estimate of drug-likeness (QED) is 0.826. The number of hydrogen-bond acceptors (Lipinski definition) is 3. The van der Waals surface area contributed by atoms with Crippen LogP contribution in [-0.2, 0) is 11.3 Å². The molecular formula is C12H20N4O. The van der Waals surface area contributed by atoms with Gasteiger partial charge in [-0.25, -0.2) is 4.98 Å². The Morgan fingerprint density at radius 1 is 1.41 bits per heavy atom.